The van der Waals surface area contributed by atoms with Crippen molar-refractivity contribution in [3.8, 4) is 5.75 Å². The highest BCUT2D eigenvalue weighted by Gasteiger charge is 2.10. The van der Waals surface area contributed by atoms with Crippen molar-refractivity contribution in [2.24, 2.45) is 0 Å². The summed E-state index contributed by atoms with van der Waals surface area (Å²) in [4.78, 5) is 2.35. The average molecular weight is 286 g/mol. The third kappa shape index (κ3) is 3.73. The lowest BCUT2D eigenvalue weighted by atomic mass is 10.2. The Balaban J connectivity index is 1.59. The summed E-state index contributed by atoms with van der Waals surface area (Å²) in [5, 5.41) is 3.34. The van der Waals surface area contributed by atoms with Crippen LogP contribution in [0.1, 0.15) is 5.56 Å². The van der Waals surface area contributed by atoms with Gasteiger partial charge in [0, 0.05) is 31.9 Å². The molecule has 1 N–H and O–H groups in total. The number of piperazine rings is 1. The maximum absolute atomic E-state index is 13.1. The van der Waals surface area contributed by atoms with Crippen LogP contribution in [-0.2, 0) is 6.61 Å². The van der Waals surface area contributed by atoms with Gasteiger partial charge in [-0.15, -0.1) is 0 Å². The van der Waals surface area contributed by atoms with E-state index in [-0.39, 0.29) is 5.82 Å². The molecular formula is C17H19FN2O. The summed E-state index contributed by atoms with van der Waals surface area (Å²) in [5.41, 5.74) is 2.05. The summed E-state index contributed by atoms with van der Waals surface area (Å²) >= 11 is 0. The number of benzene rings is 2. The van der Waals surface area contributed by atoms with Crippen molar-refractivity contribution in [2.75, 3.05) is 31.1 Å². The van der Waals surface area contributed by atoms with Gasteiger partial charge in [0.25, 0.3) is 0 Å². The molecule has 0 bridgehead atoms. The molecule has 0 atom stereocenters. The molecule has 0 spiro atoms. The van der Waals surface area contributed by atoms with Gasteiger partial charge in [-0.25, -0.2) is 4.39 Å². The summed E-state index contributed by atoms with van der Waals surface area (Å²) in [6.07, 6.45) is 0. The van der Waals surface area contributed by atoms with Crippen LogP contribution in [0.5, 0.6) is 5.75 Å². The van der Waals surface area contributed by atoms with Gasteiger partial charge in [-0.1, -0.05) is 12.1 Å². The van der Waals surface area contributed by atoms with Crippen LogP contribution in [-0.4, -0.2) is 26.2 Å². The van der Waals surface area contributed by atoms with E-state index < -0.39 is 0 Å². The highest BCUT2D eigenvalue weighted by atomic mass is 19.1. The maximum Gasteiger partial charge on any atom is 0.123 e. The summed E-state index contributed by atoms with van der Waals surface area (Å²) in [6.45, 7) is 4.49. The highest BCUT2D eigenvalue weighted by molar-refractivity contribution is 5.49. The molecule has 0 radical (unpaired) electrons. The predicted molar refractivity (Wildman–Crippen MR) is 82.3 cm³/mol. The number of ether oxygens (including phenoxy) is 1. The van der Waals surface area contributed by atoms with E-state index in [1.807, 2.05) is 18.2 Å². The lowest BCUT2D eigenvalue weighted by Gasteiger charge is -2.29. The fraction of sp³-hybridized carbons (Fsp3) is 0.294. The molecule has 110 valence electrons. The minimum absolute atomic E-state index is 0.231. The Bertz CT molecular complexity index is 580. The molecule has 1 aliphatic heterocycles. The van der Waals surface area contributed by atoms with E-state index in [0.717, 1.165) is 37.5 Å². The van der Waals surface area contributed by atoms with Crippen LogP contribution in [0, 0.1) is 5.82 Å². The van der Waals surface area contributed by atoms with Crippen molar-refractivity contribution in [1.29, 1.82) is 0 Å². The zero-order chi connectivity index (χ0) is 14.5. The normalized spacial score (nSPS) is 15.0. The molecule has 0 saturated carbocycles. The van der Waals surface area contributed by atoms with Crippen molar-refractivity contribution in [1.82, 2.24) is 5.32 Å². The largest absolute Gasteiger partial charge is 0.489 e. The second-order valence-electron chi connectivity index (χ2n) is 5.15. The standard InChI is InChI=1S/C17H19FN2O/c18-15-3-1-2-14(12-15)13-21-17-6-4-16(5-7-17)20-10-8-19-9-11-20/h1-7,12,19H,8-11,13H2. The molecule has 2 aromatic carbocycles. The van der Waals surface area contributed by atoms with Gasteiger partial charge >= 0.3 is 0 Å². The first-order valence-electron chi connectivity index (χ1n) is 7.24. The molecule has 1 saturated heterocycles. The Morgan fingerprint density at radius 2 is 1.81 bits per heavy atom. The van der Waals surface area contributed by atoms with E-state index in [1.54, 1.807) is 6.07 Å². The third-order valence-electron chi connectivity index (χ3n) is 3.61. The SMILES string of the molecule is Fc1cccc(COc2ccc(N3CCNCC3)cc2)c1. The Labute approximate surface area is 124 Å². The number of nitrogens with zero attached hydrogens (tertiary/aromatic N) is 1. The minimum Gasteiger partial charge on any atom is -0.489 e. The van der Waals surface area contributed by atoms with Crippen molar-refractivity contribution < 1.29 is 9.13 Å². The van der Waals surface area contributed by atoms with E-state index in [4.69, 9.17) is 4.74 Å². The Hall–Kier alpha value is -2.07. The predicted octanol–water partition coefficient (Wildman–Crippen LogP) is 2.81. The first kappa shape index (κ1) is 13.9. The molecule has 1 fully saturated rings. The van der Waals surface area contributed by atoms with Crippen LogP contribution in [0.15, 0.2) is 48.5 Å². The summed E-state index contributed by atoms with van der Waals surface area (Å²) in [6, 6.07) is 14.6. The second kappa shape index (κ2) is 6.59. The summed E-state index contributed by atoms with van der Waals surface area (Å²) < 4.78 is 18.8. The fourth-order valence-electron chi connectivity index (χ4n) is 2.47. The van der Waals surface area contributed by atoms with E-state index >= 15 is 0 Å². The quantitative estimate of drug-likeness (QED) is 0.935. The number of hydrogen-bond donors (Lipinski definition) is 1. The zero-order valence-electron chi connectivity index (χ0n) is 11.9. The number of rotatable bonds is 4. The van der Waals surface area contributed by atoms with Gasteiger partial charge in [0.05, 0.1) is 0 Å². The number of hydrogen-bond acceptors (Lipinski definition) is 3. The monoisotopic (exact) mass is 286 g/mol. The van der Waals surface area contributed by atoms with Crippen LogP contribution in [0.2, 0.25) is 0 Å². The molecule has 21 heavy (non-hydrogen) atoms. The number of halogens is 1. The highest BCUT2D eigenvalue weighted by Crippen LogP contribution is 2.20. The van der Waals surface area contributed by atoms with Gasteiger partial charge in [0.2, 0.25) is 0 Å². The molecular weight excluding hydrogens is 267 g/mol. The summed E-state index contributed by atoms with van der Waals surface area (Å²) in [5.74, 6) is 0.573. The fourth-order valence-corrected chi connectivity index (χ4v) is 2.47. The van der Waals surface area contributed by atoms with Crippen molar-refractivity contribution in [3.05, 3.63) is 59.9 Å². The molecule has 1 heterocycles. The van der Waals surface area contributed by atoms with Crippen LogP contribution >= 0.6 is 0 Å². The lowest BCUT2D eigenvalue weighted by Crippen LogP contribution is -2.43. The van der Waals surface area contributed by atoms with Crippen molar-refractivity contribution >= 4 is 5.69 Å². The van der Waals surface area contributed by atoms with Crippen LogP contribution in [0.3, 0.4) is 0 Å². The van der Waals surface area contributed by atoms with Gasteiger partial charge < -0.3 is 15.0 Å². The van der Waals surface area contributed by atoms with E-state index in [9.17, 15) is 4.39 Å². The average Bonchev–Trinajstić information content (AvgIpc) is 2.54. The molecule has 2 aromatic rings. The van der Waals surface area contributed by atoms with E-state index in [1.165, 1.54) is 17.8 Å². The molecule has 3 nitrogen and oxygen atoms in total. The van der Waals surface area contributed by atoms with Gasteiger partial charge in [-0.2, -0.15) is 0 Å². The third-order valence-corrected chi connectivity index (χ3v) is 3.61. The molecule has 4 heteroatoms. The van der Waals surface area contributed by atoms with Crippen molar-refractivity contribution in [3.63, 3.8) is 0 Å². The lowest BCUT2D eigenvalue weighted by molar-refractivity contribution is 0.305. The number of anilines is 1. The first-order valence-corrected chi connectivity index (χ1v) is 7.24. The molecule has 1 aliphatic rings. The topological polar surface area (TPSA) is 24.5 Å². The Kier molecular flexibility index (Phi) is 4.36. The van der Waals surface area contributed by atoms with Gasteiger partial charge in [-0.05, 0) is 42.0 Å². The van der Waals surface area contributed by atoms with Gasteiger partial charge in [-0.3, -0.25) is 0 Å². The van der Waals surface area contributed by atoms with Crippen LogP contribution < -0.4 is 15.0 Å². The van der Waals surface area contributed by atoms with Crippen molar-refractivity contribution in [2.45, 2.75) is 6.61 Å². The molecule has 0 unspecified atom stereocenters. The summed E-state index contributed by atoms with van der Waals surface area (Å²) in [7, 11) is 0. The smallest absolute Gasteiger partial charge is 0.123 e. The number of nitrogens with one attached hydrogen (secondary N) is 1. The molecule has 0 amide bonds. The Morgan fingerprint density at radius 3 is 2.52 bits per heavy atom. The van der Waals surface area contributed by atoms with Gasteiger partial charge in [0.1, 0.15) is 18.2 Å². The van der Waals surface area contributed by atoms with E-state index in [0.29, 0.717) is 6.61 Å². The maximum atomic E-state index is 13.1. The van der Waals surface area contributed by atoms with Crippen LogP contribution in [0.4, 0.5) is 10.1 Å². The van der Waals surface area contributed by atoms with Crippen LogP contribution in [0.25, 0.3) is 0 Å². The Morgan fingerprint density at radius 1 is 1.05 bits per heavy atom. The first-order chi connectivity index (χ1) is 10.3. The minimum atomic E-state index is -0.231. The molecule has 0 aliphatic carbocycles. The zero-order valence-corrected chi connectivity index (χ0v) is 11.9. The van der Waals surface area contributed by atoms with E-state index in [2.05, 4.69) is 22.3 Å². The molecule has 0 aromatic heterocycles. The van der Waals surface area contributed by atoms with Gasteiger partial charge in [0.15, 0.2) is 0 Å². The molecule has 3 rings (SSSR count). The second-order valence-corrected chi connectivity index (χ2v) is 5.15.